The van der Waals surface area contributed by atoms with E-state index in [2.05, 4.69) is 5.32 Å². The Morgan fingerprint density at radius 2 is 1.65 bits per heavy atom. The van der Waals surface area contributed by atoms with Gasteiger partial charge in [0.2, 0.25) is 8.87 Å². The monoisotopic (exact) mass is 694 g/mol. The van der Waals surface area contributed by atoms with Crippen molar-refractivity contribution in [3.8, 4) is 5.75 Å². The number of nitro groups is 1. The maximum Gasteiger partial charge on any atom is 0.357 e. The number of rotatable bonds is 13. The number of para-hydroxylation sites is 1. The third-order valence-corrected chi connectivity index (χ3v) is 11.6. The third-order valence-electron chi connectivity index (χ3n) is 7.88. The van der Waals surface area contributed by atoms with Crippen LogP contribution in [0.5, 0.6) is 5.75 Å². The van der Waals surface area contributed by atoms with Gasteiger partial charge in [-0.25, -0.2) is 13.2 Å². The number of ether oxygens (including phenoxy) is 2. The molecule has 3 aromatic carbocycles. The minimum absolute atomic E-state index is 0.00238. The summed E-state index contributed by atoms with van der Waals surface area (Å²) in [5.41, 5.74) is 1.47. The van der Waals surface area contributed by atoms with E-state index in [1.54, 1.807) is 49.4 Å². The van der Waals surface area contributed by atoms with Crippen LogP contribution >= 0.6 is 10.8 Å². The number of aryl methyl sites for hydroxylation is 1. The van der Waals surface area contributed by atoms with E-state index in [0.29, 0.717) is 40.9 Å². The molecule has 2 amide bonds. The molecular formula is C33H34N4O9S2. The van der Waals surface area contributed by atoms with E-state index in [0.717, 1.165) is 23.3 Å². The van der Waals surface area contributed by atoms with Gasteiger partial charge in [-0.05, 0) is 68.7 Å². The van der Waals surface area contributed by atoms with E-state index < -0.39 is 49.6 Å². The summed E-state index contributed by atoms with van der Waals surface area (Å²) in [4.78, 5) is 54.1. The van der Waals surface area contributed by atoms with Crippen molar-refractivity contribution in [1.82, 2.24) is 15.1 Å². The molecule has 0 bridgehead atoms. The Balaban J connectivity index is 1.43. The van der Waals surface area contributed by atoms with Crippen LogP contribution in [0.2, 0.25) is 0 Å². The van der Waals surface area contributed by atoms with Crippen molar-refractivity contribution in [2.45, 2.75) is 49.6 Å². The van der Waals surface area contributed by atoms with E-state index in [9.17, 15) is 32.9 Å². The fourth-order valence-corrected chi connectivity index (χ4v) is 8.73. The van der Waals surface area contributed by atoms with Gasteiger partial charge in [0.25, 0.3) is 17.5 Å². The number of carbonyl (C=O) groups excluding carboxylic acids is 3. The lowest BCUT2D eigenvalue weighted by Crippen LogP contribution is -2.70. The average Bonchev–Trinajstić information content (AvgIpc) is 3.63. The van der Waals surface area contributed by atoms with Crippen LogP contribution in [-0.4, -0.2) is 72.0 Å². The summed E-state index contributed by atoms with van der Waals surface area (Å²) < 4.78 is 38.4. The second kappa shape index (κ2) is 14.9. The molecule has 1 N–H and O–H groups in total. The Labute approximate surface area is 281 Å². The molecule has 2 aliphatic rings. The zero-order valence-electron chi connectivity index (χ0n) is 26.2. The van der Waals surface area contributed by atoms with Crippen LogP contribution in [0.4, 0.5) is 5.69 Å². The molecule has 0 aromatic heterocycles. The number of nitrogens with zero attached hydrogens (tertiary/aromatic N) is 3. The second-order valence-electron chi connectivity index (χ2n) is 11.2. The van der Waals surface area contributed by atoms with Crippen LogP contribution in [0.15, 0.2) is 95.2 Å². The van der Waals surface area contributed by atoms with E-state index in [1.165, 1.54) is 36.4 Å². The number of allylic oxidation sites excluding steroid dienone is 1. The first-order chi connectivity index (χ1) is 22.9. The zero-order valence-corrected chi connectivity index (χ0v) is 27.9. The Hall–Kier alpha value is -4.89. The molecule has 2 saturated heterocycles. The molecule has 48 heavy (non-hydrogen) atoms. The Morgan fingerprint density at radius 3 is 2.27 bits per heavy atom. The average molecular weight is 695 g/mol. The van der Waals surface area contributed by atoms with E-state index in [1.807, 2.05) is 11.8 Å². The lowest BCUT2D eigenvalue weighted by Gasteiger charge is -2.47. The summed E-state index contributed by atoms with van der Waals surface area (Å²) in [6, 6.07) is 19.0. The molecule has 252 valence electrons. The van der Waals surface area contributed by atoms with Gasteiger partial charge in [0.05, 0.1) is 9.82 Å². The Bertz CT molecular complexity index is 1810. The van der Waals surface area contributed by atoms with Gasteiger partial charge in [-0.2, -0.15) is 0 Å². The molecule has 3 aromatic rings. The van der Waals surface area contributed by atoms with Crippen molar-refractivity contribution in [2.24, 2.45) is 0 Å². The second-order valence-corrected chi connectivity index (χ2v) is 15.2. The van der Waals surface area contributed by atoms with Crippen LogP contribution in [-0.2, 0) is 34.6 Å². The molecule has 15 heteroatoms. The van der Waals surface area contributed by atoms with E-state index in [4.69, 9.17) is 9.47 Å². The minimum Gasteiger partial charge on any atom is -0.484 e. The third kappa shape index (κ3) is 7.97. The summed E-state index contributed by atoms with van der Waals surface area (Å²) in [6.45, 7) is 4.03. The van der Waals surface area contributed by atoms with Crippen LogP contribution in [0.25, 0.3) is 0 Å². The number of β-lactam (4-membered cyclic amide) rings is 1. The maximum atomic E-state index is 13.8. The summed E-state index contributed by atoms with van der Waals surface area (Å²) in [6.07, 6.45) is 1.72. The molecular weight excluding hydrogens is 661 g/mol. The van der Waals surface area contributed by atoms with Gasteiger partial charge >= 0.3 is 5.97 Å². The lowest BCUT2D eigenvalue weighted by molar-refractivity contribution is -0.384. The van der Waals surface area contributed by atoms with Crippen LogP contribution in [0, 0.1) is 17.0 Å². The molecule has 0 radical (unpaired) electrons. The van der Waals surface area contributed by atoms with Crippen LogP contribution in [0.1, 0.15) is 30.9 Å². The van der Waals surface area contributed by atoms with Crippen molar-refractivity contribution < 1.29 is 37.2 Å². The van der Waals surface area contributed by atoms with Crippen molar-refractivity contribution >= 4 is 43.1 Å². The lowest BCUT2D eigenvalue weighted by atomic mass is 10.0. The Kier molecular flexibility index (Phi) is 10.7. The van der Waals surface area contributed by atoms with Gasteiger partial charge in [0.15, 0.2) is 6.61 Å². The maximum absolute atomic E-state index is 13.8. The molecule has 2 heterocycles. The highest BCUT2D eigenvalue weighted by molar-refractivity contribution is 8.72. The van der Waals surface area contributed by atoms with Crippen molar-refractivity contribution in [3.63, 3.8) is 0 Å². The summed E-state index contributed by atoms with van der Waals surface area (Å²) in [5, 5.41) is 12.4. The number of nitrogens with one attached hydrogen (secondary N) is 1. The standard InChI is InChI=1S/C33H34N4O9S2/c1-22-10-16-27(17-11-22)48(43,44)47-32-29(34-28(38)21-45-26-8-4-3-5-9-26)31(39)36(32)30(23(2)35-18-6-7-19-35)33(40)46-20-24-12-14-25(15-13-24)37(41)42/h3-5,8-17,29,32H,6-7,18-21H2,1-2H3,(H,34,38). The predicted octanol–water partition coefficient (Wildman–Crippen LogP) is 4.13. The molecule has 0 spiro atoms. The van der Waals surface area contributed by atoms with Gasteiger partial charge in [-0.3, -0.25) is 24.6 Å². The van der Waals surface area contributed by atoms with E-state index in [-0.39, 0.29) is 22.9 Å². The number of hydrogen-bond donors (Lipinski definition) is 1. The van der Waals surface area contributed by atoms with Crippen LogP contribution < -0.4 is 10.1 Å². The molecule has 2 atom stereocenters. The summed E-state index contributed by atoms with van der Waals surface area (Å²) in [5.74, 6) is -1.80. The molecule has 5 rings (SSSR count). The number of likely N-dealkylation sites (tertiary alicyclic amines) is 2. The van der Waals surface area contributed by atoms with Gasteiger partial charge in [-0.1, -0.05) is 35.9 Å². The number of benzene rings is 3. The SMILES string of the molecule is CC(=C(C(=O)OCc1ccc([N+](=O)[O-])cc1)N1C(=O)C(NC(=O)COc2ccccc2)C1SS(=O)(=O)c1ccc(C)cc1)N1CCCC1. The number of amides is 2. The molecule has 2 aliphatic heterocycles. The smallest absolute Gasteiger partial charge is 0.357 e. The number of esters is 1. The summed E-state index contributed by atoms with van der Waals surface area (Å²) >= 11 is 0. The fraction of sp³-hybridized carbons (Fsp3) is 0.303. The first-order valence-electron chi connectivity index (χ1n) is 15.1. The Morgan fingerprint density at radius 1 is 1.00 bits per heavy atom. The normalized spacial score (nSPS) is 18.1. The minimum atomic E-state index is -4.09. The predicted molar refractivity (Wildman–Crippen MR) is 177 cm³/mol. The quantitative estimate of drug-likeness (QED) is 0.0683. The first kappa shape index (κ1) is 34.4. The highest BCUT2D eigenvalue weighted by Crippen LogP contribution is 2.41. The molecule has 2 unspecified atom stereocenters. The fourth-order valence-electron chi connectivity index (χ4n) is 5.26. The molecule has 2 fully saturated rings. The van der Waals surface area contributed by atoms with Crippen molar-refractivity contribution in [3.05, 3.63) is 111 Å². The largest absolute Gasteiger partial charge is 0.484 e. The number of non-ortho nitro benzene ring substituents is 1. The highest BCUT2D eigenvalue weighted by atomic mass is 33.1. The van der Waals surface area contributed by atoms with Gasteiger partial charge in [-0.15, -0.1) is 0 Å². The highest BCUT2D eigenvalue weighted by Gasteiger charge is 2.55. The molecule has 0 aliphatic carbocycles. The van der Waals surface area contributed by atoms with Gasteiger partial charge in [0.1, 0.15) is 29.5 Å². The van der Waals surface area contributed by atoms with Gasteiger partial charge in [0, 0.05) is 41.7 Å². The first-order valence-corrected chi connectivity index (χ1v) is 18.0. The molecule has 13 nitrogen and oxygen atoms in total. The van der Waals surface area contributed by atoms with Crippen LogP contribution in [0.3, 0.4) is 0 Å². The number of carbonyl (C=O) groups is 3. The van der Waals surface area contributed by atoms with E-state index >= 15 is 0 Å². The van der Waals surface area contributed by atoms with Gasteiger partial charge < -0.3 is 19.7 Å². The zero-order chi connectivity index (χ0) is 34.4. The number of hydrogen-bond acceptors (Lipinski definition) is 11. The summed E-state index contributed by atoms with van der Waals surface area (Å²) in [7, 11) is -3.64. The van der Waals surface area contributed by atoms with Crippen molar-refractivity contribution in [2.75, 3.05) is 19.7 Å². The number of nitro benzene ring substituents is 1. The van der Waals surface area contributed by atoms with Crippen molar-refractivity contribution in [1.29, 1.82) is 0 Å². The topological polar surface area (TPSA) is 165 Å². The molecule has 0 saturated carbocycles.